The summed E-state index contributed by atoms with van der Waals surface area (Å²) in [5, 5.41) is 6.53. The van der Waals surface area contributed by atoms with Crippen LogP contribution in [0.2, 0.25) is 0 Å². The number of benzene rings is 1. The van der Waals surface area contributed by atoms with Crippen molar-refractivity contribution in [2.45, 2.75) is 13.1 Å². The Balaban J connectivity index is 0.00000280. The van der Waals surface area contributed by atoms with Gasteiger partial charge in [0.1, 0.15) is 11.6 Å². The molecule has 0 bridgehead atoms. The maximum atomic E-state index is 13.0. The second-order valence-electron chi connectivity index (χ2n) is 5.83. The van der Waals surface area contributed by atoms with Crippen LogP contribution in [0.15, 0.2) is 72.1 Å². The Morgan fingerprint density at radius 1 is 1.14 bits per heavy atom. The molecule has 2 N–H and O–H groups in total. The number of aromatic nitrogens is 2. The molecular weight excluding hydrogens is 472 g/mol. The molecule has 0 atom stereocenters. The van der Waals surface area contributed by atoms with Gasteiger partial charge in [-0.2, -0.15) is 0 Å². The molecule has 3 aromatic rings. The lowest BCUT2D eigenvalue weighted by atomic mass is 10.2. The number of nitrogens with zero attached hydrogens (tertiary/aromatic N) is 3. The van der Waals surface area contributed by atoms with Crippen molar-refractivity contribution in [1.29, 1.82) is 0 Å². The Hall–Kier alpha value is -2.62. The van der Waals surface area contributed by atoms with Gasteiger partial charge < -0.3 is 19.9 Å². The number of ether oxygens (including phenoxy) is 1. The fourth-order valence-electron chi connectivity index (χ4n) is 2.47. The number of pyridine rings is 1. The Bertz CT molecular complexity index is 869. The van der Waals surface area contributed by atoms with E-state index in [1.165, 1.54) is 12.1 Å². The normalized spacial score (nSPS) is 10.9. The minimum atomic E-state index is -0.302. The van der Waals surface area contributed by atoms with Crippen molar-refractivity contribution in [2.24, 2.45) is 4.99 Å². The van der Waals surface area contributed by atoms with Gasteiger partial charge in [0.15, 0.2) is 5.96 Å². The van der Waals surface area contributed by atoms with E-state index in [1.54, 1.807) is 25.4 Å². The summed E-state index contributed by atoms with van der Waals surface area (Å²) in [4.78, 5) is 8.41. The first-order chi connectivity index (χ1) is 13.2. The number of guanidine groups is 1. The molecule has 3 rings (SSSR count). The van der Waals surface area contributed by atoms with Crippen molar-refractivity contribution < 1.29 is 9.13 Å². The molecular formula is C20H23FIN5O. The van der Waals surface area contributed by atoms with Gasteiger partial charge in [-0.15, -0.1) is 24.0 Å². The van der Waals surface area contributed by atoms with E-state index in [1.807, 2.05) is 36.7 Å². The van der Waals surface area contributed by atoms with Crippen molar-refractivity contribution in [3.63, 3.8) is 0 Å². The summed E-state index contributed by atoms with van der Waals surface area (Å²) in [7, 11) is 1.74. The van der Waals surface area contributed by atoms with Crippen molar-refractivity contribution in [3.05, 3.63) is 78.5 Å². The molecule has 0 radical (unpaired) electrons. The van der Waals surface area contributed by atoms with Gasteiger partial charge in [0, 0.05) is 51.3 Å². The van der Waals surface area contributed by atoms with Gasteiger partial charge in [-0.1, -0.05) is 0 Å². The molecule has 148 valence electrons. The van der Waals surface area contributed by atoms with Crippen LogP contribution in [-0.2, 0) is 13.1 Å². The summed E-state index contributed by atoms with van der Waals surface area (Å²) in [6.07, 6.45) is 5.73. The molecule has 28 heavy (non-hydrogen) atoms. The molecule has 8 heteroatoms. The van der Waals surface area contributed by atoms with Gasteiger partial charge in [0.2, 0.25) is 5.88 Å². The van der Waals surface area contributed by atoms with Crippen LogP contribution >= 0.6 is 24.0 Å². The highest BCUT2D eigenvalue weighted by molar-refractivity contribution is 14.0. The van der Waals surface area contributed by atoms with Crippen molar-refractivity contribution in [3.8, 4) is 11.6 Å². The fourth-order valence-corrected chi connectivity index (χ4v) is 2.47. The Labute approximate surface area is 180 Å². The molecule has 0 spiro atoms. The van der Waals surface area contributed by atoms with Crippen LogP contribution < -0.4 is 15.4 Å². The number of hydrogen-bond acceptors (Lipinski definition) is 3. The van der Waals surface area contributed by atoms with Crippen molar-refractivity contribution in [1.82, 2.24) is 20.2 Å². The van der Waals surface area contributed by atoms with Crippen LogP contribution in [0, 0.1) is 5.82 Å². The third-order valence-electron chi connectivity index (χ3n) is 3.85. The molecule has 0 fully saturated rings. The predicted octanol–water partition coefficient (Wildman–Crippen LogP) is 3.80. The van der Waals surface area contributed by atoms with Crippen molar-refractivity contribution in [2.75, 3.05) is 13.6 Å². The maximum absolute atomic E-state index is 13.0. The summed E-state index contributed by atoms with van der Waals surface area (Å²) in [6.45, 7) is 2.20. The molecule has 0 aliphatic heterocycles. The van der Waals surface area contributed by atoms with E-state index in [0.717, 1.165) is 24.6 Å². The zero-order valence-corrected chi connectivity index (χ0v) is 17.8. The zero-order valence-electron chi connectivity index (χ0n) is 15.5. The number of rotatable bonds is 7. The van der Waals surface area contributed by atoms with Crippen LogP contribution in [0.25, 0.3) is 0 Å². The van der Waals surface area contributed by atoms with Crippen molar-refractivity contribution >= 4 is 29.9 Å². The van der Waals surface area contributed by atoms with Crippen LogP contribution in [-0.4, -0.2) is 29.1 Å². The van der Waals surface area contributed by atoms with Gasteiger partial charge in [-0.25, -0.2) is 9.37 Å². The monoisotopic (exact) mass is 495 g/mol. The molecule has 1 aromatic carbocycles. The zero-order chi connectivity index (χ0) is 18.9. The quantitative estimate of drug-likeness (QED) is 0.298. The SMILES string of the molecule is CN=C(NCCn1cccc1)NCc1ccnc(Oc2ccc(F)cc2)c1.I. The Kier molecular flexibility index (Phi) is 8.73. The topological polar surface area (TPSA) is 63.5 Å². The van der Waals surface area contributed by atoms with E-state index in [9.17, 15) is 4.39 Å². The minimum absolute atomic E-state index is 0. The van der Waals surface area contributed by atoms with E-state index in [0.29, 0.717) is 18.2 Å². The lowest BCUT2D eigenvalue weighted by Gasteiger charge is -2.13. The largest absolute Gasteiger partial charge is 0.439 e. The van der Waals surface area contributed by atoms with E-state index in [-0.39, 0.29) is 29.8 Å². The number of halogens is 2. The Morgan fingerprint density at radius 2 is 1.89 bits per heavy atom. The smallest absolute Gasteiger partial charge is 0.219 e. The van der Waals surface area contributed by atoms with Crippen LogP contribution in [0.3, 0.4) is 0 Å². The standard InChI is InChI=1S/C20H22FN5O.HI/c1-22-20(24-10-13-26-11-2-3-12-26)25-15-16-8-9-23-19(14-16)27-18-6-4-17(21)5-7-18;/h2-9,11-12,14H,10,13,15H2,1H3,(H2,22,24,25);1H. The van der Waals surface area contributed by atoms with Crippen LogP contribution in [0.1, 0.15) is 5.56 Å². The highest BCUT2D eigenvalue weighted by Crippen LogP contribution is 2.20. The van der Waals surface area contributed by atoms with Gasteiger partial charge >= 0.3 is 0 Å². The lowest BCUT2D eigenvalue weighted by molar-refractivity contribution is 0.460. The molecule has 0 saturated carbocycles. The molecule has 0 aliphatic rings. The minimum Gasteiger partial charge on any atom is -0.439 e. The predicted molar refractivity (Wildman–Crippen MR) is 119 cm³/mol. The molecule has 0 amide bonds. The molecule has 0 saturated heterocycles. The van der Waals surface area contributed by atoms with Gasteiger partial charge in [0.05, 0.1) is 0 Å². The summed E-state index contributed by atoms with van der Waals surface area (Å²) in [5.74, 6) is 1.41. The molecule has 2 heterocycles. The summed E-state index contributed by atoms with van der Waals surface area (Å²) >= 11 is 0. The fraction of sp³-hybridized carbons (Fsp3) is 0.200. The van der Waals surface area contributed by atoms with Gasteiger partial charge in [0.25, 0.3) is 0 Å². The van der Waals surface area contributed by atoms with E-state index in [2.05, 4.69) is 25.2 Å². The maximum Gasteiger partial charge on any atom is 0.219 e. The highest BCUT2D eigenvalue weighted by Gasteiger charge is 2.03. The molecule has 6 nitrogen and oxygen atoms in total. The second kappa shape index (κ2) is 11.3. The first-order valence-electron chi connectivity index (χ1n) is 8.66. The number of hydrogen-bond donors (Lipinski definition) is 2. The molecule has 0 aliphatic carbocycles. The average Bonchev–Trinajstić information content (AvgIpc) is 3.20. The van der Waals surface area contributed by atoms with Crippen LogP contribution in [0.5, 0.6) is 11.6 Å². The summed E-state index contributed by atoms with van der Waals surface area (Å²) in [6, 6.07) is 13.6. The summed E-state index contributed by atoms with van der Waals surface area (Å²) in [5.41, 5.74) is 0.996. The van der Waals surface area contributed by atoms with E-state index in [4.69, 9.17) is 4.74 Å². The lowest BCUT2D eigenvalue weighted by Crippen LogP contribution is -2.38. The molecule has 2 aromatic heterocycles. The average molecular weight is 495 g/mol. The first-order valence-corrected chi connectivity index (χ1v) is 8.66. The van der Waals surface area contributed by atoms with E-state index >= 15 is 0 Å². The third-order valence-corrected chi connectivity index (χ3v) is 3.85. The van der Waals surface area contributed by atoms with E-state index < -0.39 is 0 Å². The second-order valence-corrected chi connectivity index (χ2v) is 5.83. The molecule has 0 unspecified atom stereocenters. The van der Waals surface area contributed by atoms with Crippen LogP contribution in [0.4, 0.5) is 4.39 Å². The Morgan fingerprint density at radius 3 is 2.61 bits per heavy atom. The van der Waals surface area contributed by atoms with Gasteiger partial charge in [-0.05, 0) is 48.0 Å². The first kappa shape index (κ1) is 21.7. The number of aliphatic imine (C=N–C) groups is 1. The van der Waals surface area contributed by atoms with Gasteiger partial charge in [-0.3, -0.25) is 4.99 Å². The third kappa shape index (κ3) is 6.84. The highest BCUT2D eigenvalue weighted by atomic mass is 127. The summed E-state index contributed by atoms with van der Waals surface area (Å²) < 4.78 is 20.7. The number of nitrogens with one attached hydrogen (secondary N) is 2.